The van der Waals surface area contributed by atoms with Crippen molar-refractivity contribution in [3.8, 4) is 0 Å². The summed E-state index contributed by atoms with van der Waals surface area (Å²) in [6.45, 7) is 25.2. The van der Waals surface area contributed by atoms with Crippen molar-refractivity contribution in [3.05, 3.63) is 84.4 Å². The molecule has 0 aliphatic heterocycles. The second-order valence-corrected chi connectivity index (χ2v) is 7.95. The van der Waals surface area contributed by atoms with E-state index in [0.717, 1.165) is 11.8 Å². The van der Waals surface area contributed by atoms with Crippen LogP contribution >= 0.6 is 0 Å². The summed E-state index contributed by atoms with van der Waals surface area (Å²) >= 11 is 0. The van der Waals surface area contributed by atoms with Gasteiger partial charge in [0.1, 0.15) is 0 Å². The van der Waals surface area contributed by atoms with Crippen molar-refractivity contribution in [2.24, 2.45) is 5.92 Å². The van der Waals surface area contributed by atoms with Gasteiger partial charge in [0.15, 0.2) is 0 Å². The maximum atomic E-state index is 3.00. The highest BCUT2D eigenvalue weighted by Gasteiger charge is 2.23. The molecule has 3 rings (SSSR count). The summed E-state index contributed by atoms with van der Waals surface area (Å²) in [5, 5.41) is 0. The number of benzene rings is 2. The van der Waals surface area contributed by atoms with Crippen LogP contribution in [0.5, 0.6) is 0 Å². The molecule has 190 valence electrons. The van der Waals surface area contributed by atoms with Crippen LogP contribution in [-0.4, -0.2) is 0 Å². The lowest BCUT2D eigenvalue weighted by Crippen LogP contribution is -2.17. The van der Waals surface area contributed by atoms with Gasteiger partial charge in [0.25, 0.3) is 0 Å². The Morgan fingerprint density at radius 2 is 1.27 bits per heavy atom. The molecule has 1 aliphatic carbocycles. The molecular formula is C33H58. The van der Waals surface area contributed by atoms with Crippen molar-refractivity contribution in [2.75, 3.05) is 0 Å². The van der Waals surface area contributed by atoms with Crippen LogP contribution in [0, 0.1) is 5.92 Å². The fourth-order valence-electron chi connectivity index (χ4n) is 3.85. The molecule has 0 amide bonds. The summed E-state index contributed by atoms with van der Waals surface area (Å²) in [5.41, 5.74) is 4.78. The Morgan fingerprint density at radius 1 is 0.788 bits per heavy atom. The molecule has 2 aromatic carbocycles. The molecule has 33 heavy (non-hydrogen) atoms. The van der Waals surface area contributed by atoms with Gasteiger partial charge in [-0.3, -0.25) is 0 Å². The van der Waals surface area contributed by atoms with Gasteiger partial charge in [-0.1, -0.05) is 149 Å². The van der Waals surface area contributed by atoms with Crippen molar-refractivity contribution in [1.82, 2.24) is 0 Å². The van der Waals surface area contributed by atoms with E-state index >= 15 is 0 Å². The first-order chi connectivity index (χ1) is 16.2. The van der Waals surface area contributed by atoms with Crippen molar-refractivity contribution in [2.45, 2.75) is 120 Å². The quantitative estimate of drug-likeness (QED) is 0.311. The van der Waals surface area contributed by atoms with Crippen LogP contribution in [0.3, 0.4) is 0 Å². The van der Waals surface area contributed by atoms with Gasteiger partial charge in [-0.15, -0.1) is 13.2 Å². The Kier molecular flexibility index (Phi) is 30.6. The van der Waals surface area contributed by atoms with Gasteiger partial charge in [0.2, 0.25) is 0 Å². The highest BCUT2D eigenvalue weighted by Crippen LogP contribution is 2.37. The molecule has 1 aliphatic rings. The van der Waals surface area contributed by atoms with Crippen LogP contribution < -0.4 is 0 Å². The summed E-state index contributed by atoms with van der Waals surface area (Å²) in [6.07, 6.45) is 10.8. The standard InChI is InChI=1S/C18H28.C6H6.C3H8.2C2H6.C2H4/c1-4-6-7-8-16-11-14(3)18-10-9-15(5-2)12-17(18)13-16;1-2-4-6-5-3-1;1-3-2;3*1-2/h9-10,12,14,16H,4-8,11,13H2,1-3H3;1-6H;3H2,1-2H3;2*1-2H3;1-2H2. The molecule has 0 N–H and O–H groups in total. The monoisotopic (exact) mass is 454 g/mol. The van der Waals surface area contributed by atoms with Gasteiger partial charge in [-0.05, 0) is 47.8 Å². The third-order valence-electron chi connectivity index (χ3n) is 5.22. The molecule has 0 bridgehead atoms. The Hall–Kier alpha value is -1.82. The second kappa shape index (κ2) is 28.2. The van der Waals surface area contributed by atoms with Crippen LogP contribution in [0.4, 0.5) is 0 Å². The minimum Gasteiger partial charge on any atom is -0.106 e. The first-order valence-electron chi connectivity index (χ1n) is 13.8. The Labute approximate surface area is 209 Å². The number of hydrogen-bond acceptors (Lipinski definition) is 0. The molecular weight excluding hydrogens is 396 g/mol. The van der Waals surface area contributed by atoms with Crippen LogP contribution in [0.1, 0.15) is 123 Å². The van der Waals surface area contributed by atoms with Gasteiger partial charge < -0.3 is 0 Å². The normalized spacial score (nSPS) is 14.9. The number of hydrogen-bond donors (Lipinski definition) is 0. The largest absolute Gasteiger partial charge is 0.106 e. The average molecular weight is 455 g/mol. The zero-order chi connectivity index (χ0) is 25.9. The molecule has 2 atom stereocenters. The molecule has 0 radical (unpaired) electrons. The van der Waals surface area contributed by atoms with Gasteiger partial charge in [0, 0.05) is 0 Å². The molecule has 2 unspecified atom stereocenters. The van der Waals surface area contributed by atoms with Gasteiger partial charge in [-0.2, -0.15) is 0 Å². The van der Waals surface area contributed by atoms with Crippen LogP contribution in [0.2, 0.25) is 0 Å². The maximum Gasteiger partial charge on any atom is -0.0185 e. The summed E-state index contributed by atoms with van der Waals surface area (Å²) in [4.78, 5) is 0. The first kappa shape index (κ1) is 35.8. The predicted octanol–water partition coefficient (Wildman–Crippen LogP) is 11.5. The number of aryl methyl sites for hydroxylation is 1. The van der Waals surface area contributed by atoms with E-state index < -0.39 is 0 Å². The van der Waals surface area contributed by atoms with Gasteiger partial charge in [-0.25, -0.2) is 0 Å². The van der Waals surface area contributed by atoms with Crippen molar-refractivity contribution < 1.29 is 0 Å². The maximum absolute atomic E-state index is 3.00. The third kappa shape index (κ3) is 18.3. The highest BCUT2D eigenvalue weighted by atomic mass is 14.3. The SMILES string of the molecule is C=C.CC.CC.CCC.CCCCCC1Cc2cc(CC)ccc2C(C)C1.c1ccccc1. The molecule has 0 spiro atoms. The topological polar surface area (TPSA) is 0 Å². The lowest BCUT2D eigenvalue weighted by molar-refractivity contribution is 0.377. The number of fused-ring (bicyclic) bond motifs is 1. The van der Waals surface area contributed by atoms with Gasteiger partial charge >= 0.3 is 0 Å². The summed E-state index contributed by atoms with van der Waals surface area (Å²) < 4.78 is 0. The zero-order valence-corrected chi connectivity index (χ0v) is 23.9. The Morgan fingerprint density at radius 3 is 1.70 bits per heavy atom. The average Bonchev–Trinajstić information content (AvgIpc) is 2.89. The Bertz CT molecular complexity index is 572. The smallest absolute Gasteiger partial charge is 0.0185 e. The van der Waals surface area contributed by atoms with E-state index in [2.05, 4.69) is 66.0 Å². The molecule has 0 aromatic heterocycles. The van der Waals surface area contributed by atoms with Crippen molar-refractivity contribution >= 4 is 0 Å². The number of rotatable bonds is 5. The lowest BCUT2D eigenvalue weighted by atomic mass is 9.75. The van der Waals surface area contributed by atoms with Crippen LogP contribution in [-0.2, 0) is 12.8 Å². The second-order valence-electron chi connectivity index (χ2n) is 7.95. The minimum absolute atomic E-state index is 0.770. The van der Waals surface area contributed by atoms with E-state index in [0.29, 0.717) is 0 Å². The summed E-state index contributed by atoms with van der Waals surface area (Å²) in [7, 11) is 0. The zero-order valence-electron chi connectivity index (χ0n) is 23.9. The van der Waals surface area contributed by atoms with E-state index in [1.165, 1.54) is 56.9 Å². The highest BCUT2D eigenvalue weighted by molar-refractivity contribution is 5.36. The summed E-state index contributed by atoms with van der Waals surface area (Å²) in [6, 6.07) is 19.2. The van der Waals surface area contributed by atoms with E-state index in [9.17, 15) is 0 Å². The van der Waals surface area contributed by atoms with Gasteiger partial charge in [0.05, 0.1) is 0 Å². The van der Waals surface area contributed by atoms with Crippen LogP contribution in [0.25, 0.3) is 0 Å². The molecule has 0 heteroatoms. The van der Waals surface area contributed by atoms with Crippen LogP contribution in [0.15, 0.2) is 67.8 Å². The van der Waals surface area contributed by atoms with E-state index in [1.807, 2.05) is 64.1 Å². The van der Waals surface area contributed by atoms with Crippen molar-refractivity contribution in [1.29, 1.82) is 0 Å². The van der Waals surface area contributed by atoms with Crippen molar-refractivity contribution in [3.63, 3.8) is 0 Å². The predicted molar refractivity (Wildman–Crippen MR) is 157 cm³/mol. The molecule has 0 nitrogen and oxygen atoms in total. The third-order valence-corrected chi connectivity index (χ3v) is 5.22. The molecule has 0 fully saturated rings. The fraction of sp³-hybridized carbons (Fsp3) is 0.576. The van der Waals surface area contributed by atoms with E-state index in [-0.39, 0.29) is 0 Å². The fourth-order valence-corrected chi connectivity index (χ4v) is 3.85. The lowest BCUT2D eigenvalue weighted by Gasteiger charge is -2.30. The first-order valence-corrected chi connectivity index (χ1v) is 13.8. The minimum atomic E-state index is 0.770. The van der Waals surface area contributed by atoms with E-state index in [1.54, 1.807) is 11.1 Å². The number of unbranched alkanes of at least 4 members (excludes halogenated alkanes) is 2. The molecule has 0 heterocycles. The van der Waals surface area contributed by atoms with E-state index in [4.69, 9.17) is 0 Å². The molecule has 2 aromatic rings. The Balaban J connectivity index is -0.000000496. The molecule has 0 saturated carbocycles. The molecule has 0 saturated heterocycles. The summed E-state index contributed by atoms with van der Waals surface area (Å²) in [5.74, 6) is 1.71.